The van der Waals surface area contributed by atoms with Crippen molar-refractivity contribution in [1.82, 2.24) is 0 Å². The number of hydrogen-bond donors (Lipinski definition) is 0. The van der Waals surface area contributed by atoms with E-state index in [1.54, 1.807) is 12.1 Å². The van der Waals surface area contributed by atoms with Gasteiger partial charge in [-0.2, -0.15) is 0 Å². The summed E-state index contributed by atoms with van der Waals surface area (Å²) in [6.07, 6.45) is 0.643. The molecule has 2 aromatic carbocycles. The molecule has 0 saturated carbocycles. The summed E-state index contributed by atoms with van der Waals surface area (Å²) in [6, 6.07) is 10.9. The van der Waals surface area contributed by atoms with Gasteiger partial charge in [0, 0.05) is 0 Å². The van der Waals surface area contributed by atoms with Gasteiger partial charge in [-0.1, -0.05) is 29.8 Å². The fraction of sp³-hybridized carbons (Fsp3) is 0.294. The van der Waals surface area contributed by atoms with Crippen LogP contribution in [0.4, 0.5) is 4.39 Å². The van der Waals surface area contributed by atoms with Crippen LogP contribution in [0.3, 0.4) is 0 Å². The van der Waals surface area contributed by atoms with Crippen molar-refractivity contribution in [1.29, 1.82) is 0 Å². The van der Waals surface area contributed by atoms with Crippen molar-refractivity contribution in [2.75, 3.05) is 0 Å². The maximum absolute atomic E-state index is 13.2. The van der Waals surface area contributed by atoms with Crippen LogP contribution >= 0.6 is 11.6 Å². The van der Waals surface area contributed by atoms with Gasteiger partial charge in [0.25, 0.3) is 0 Å². The molecule has 0 radical (unpaired) electrons. The topological polar surface area (TPSA) is 0 Å². The van der Waals surface area contributed by atoms with Crippen LogP contribution in [0.15, 0.2) is 36.4 Å². The van der Waals surface area contributed by atoms with Gasteiger partial charge in [-0.25, -0.2) is 4.39 Å². The summed E-state index contributed by atoms with van der Waals surface area (Å²) in [5.74, 6) is -0.210. The first-order valence-electron chi connectivity index (χ1n) is 6.43. The maximum atomic E-state index is 13.2. The largest absolute Gasteiger partial charge is 0.207 e. The van der Waals surface area contributed by atoms with Crippen molar-refractivity contribution in [2.45, 2.75) is 32.6 Å². The molecule has 1 unspecified atom stereocenters. The molecule has 0 aliphatic carbocycles. The van der Waals surface area contributed by atoms with Crippen molar-refractivity contribution >= 4 is 11.6 Å². The molecular formula is C17H18ClF. The molecule has 2 rings (SSSR count). The van der Waals surface area contributed by atoms with Crippen LogP contribution in [0.2, 0.25) is 0 Å². The predicted molar refractivity (Wildman–Crippen MR) is 79.4 cm³/mol. The third-order valence-corrected chi connectivity index (χ3v) is 3.73. The molecular weight excluding hydrogens is 259 g/mol. The molecule has 0 aliphatic heterocycles. The Hall–Kier alpha value is -1.34. The predicted octanol–water partition coefficient (Wildman–Crippen LogP) is 5.27. The molecule has 0 bridgehead atoms. The summed E-state index contributed by atoms with van der Waals surface area (Å²) >= 11 is 6.53. The molecule has 0 heterocycles. The average Bonchev–Trinajstić information content (AvgIpc) is 2.27. The molecule has 0 amide bonds. The van der Waals surface area contributed by atoms with E-state index in [9.17, 15) is 4.39 Å². The highest BCUT2D eigenvalue weighted by molar-refractivity contribution is 6.21. The first-order chi connectivity index (χ1) is 8.97. The van der Waals surface area contributed by atoms with Crippen molar-refractivity contribution in [3.63, 3.8) is 0 Å². The van der Waals surface area contributed by atoms with Crippen LogP contribution in [0.5, 0.6) is 0 Å². The number of hydrogen-bond acceptors (Lipinski definition) is 0. The fourth-order valence-corrected chi connectivity index (χ4v) is 3.18. The minimum absolute atomic E-state index is 0.123. The Morgan fingerprint density at radius 2 is 1.68 bits per heavy atom. The second-order valence-corrected chi connectivity index (χ2v) is 5.64. The van der Waals surface area contributed by atoms with Crippen LogP contribution < -0.4 is 0 Å². The maximum Gasteiger partial charge on any atom is 0.123 e. The highest BCUT2D eigenvalue weighted by atomic mass is 35.5. The SMILES string of the molecule is Cc1cc(C)c(C(Cl)Cc2cccc(F)c2)c(C)c1. The molecule has 0 fully saturated rings. The third-order valence-electron chi connectivity index (χ3n) is 3.36. The zero-order valence-electron chi connectivity index (χ0n) is 11.5. The smallest absolute Gasteiger partial charge is 0.123 e. The van der Waals surface area contributed by atoms with Crippen molar-refractivity contribution in [3.8, 4) is 0 Å². The van der Waals surface area contributed by atoms with Crippen LogP contribution in [-0.2, 0) is 6.42 Å². The summed E-state index contributed by atoms with van der Waals surface area (Å²) in [4.78, 5) is 0. The van der Waals surface area contributed by atoms with Gasteiger partial charge < -0.3 is 0 Å². The van der Waals surface area contributed by atoms with Gasteiger partial charge in [0.05, 0.1) is 5.38 Å². The lowest BCUT2D eigenvalue weighted by Gasteiger charge is -2.17. The second kappa shape index (κ2) is 5.75. The number of rotatable bonds is 3. The molecule has 0 aliphatic rings. The Balaban J connectivity index is 2.28. The van der Waals surface area contributed by atoms with E-state index >= 15 is 0 Å². The summed E-state index contributed by atoms with van der Waals surface area (Å²) in [5, 5.41) is -0.123. The van der Waals surface area contributed by atoms with E-state index in [-0.39, 0.29) is 11.2 Å². The first-order valence-corrected chi connectivity index (χ1v) is 6.87. The monoisotopic (exact) mass is 276 g/mol. The zero-order valence-corrected chi connectivity index (χ0v) is 12.3. The van der Waals surface area contributed by atoms with E-state index in [2.05, 4.69) is 32.9 Å². The molecule has 19 heavy (non-hydrogen) atoms. The van der Waals surface area contributed by atoms with E-state index in [0.29, 0.717) is 6.42 Å². The standard InChI is InChI=1S/C17H18ClF/c1-11-7-12(2)17(13(3)8-11)16(18)10-14-5-4-6-15(19)9-14/h4-9,16H,10H2,1-3H3. The van der Waals surface area contributed by atoms with Crippen LogP contribution in [-0.4, -0.2) is 0 Å². The molecule has 0 N–H and O–H groups in total. The second-order valence-electron chi connectivity index (χ2n) is 5.11. The minimum Gasteiger partial charge on any atom is -0.207 e. The van der Waals surface area contributed by atoms with Crippen molar-refractivity contribution in [3.05, 3.63) is 70.0 Å². The van der Waals surface area contributed by atoms with E-state index in [4.69, 9.17) is 11.6 Å². The number of aryl methyl sites for hydroxylation is 3. The van der Waals surface area contributed by atoms with Gasteiger partial charge in [-0.3, -0.25) is 0 Å². The average molecular weight is 277 g/mol. The lowest BCUT2D eigenvalue weighted by molar-refractivity contribution is 0.625. The van der Waals surface area contributed by atoms with Crippen molar-refractivity contribution < 1.29 is 4.39 Å². The van der Waals surface area contributed by atoms with Crippen LogP contribution in [0.25, 0.3) is 0 Å². The Bertz CT molecular complexity index is 567. The number of alkyl halides is 1. The fourth-order valence-electron chi connectivity index (χ4n) is 2.66. The lowest BCUT2D eigenvalue weighted by Crippen LogP contribution is -2.02. The highest BCUT2D eigenvalue weighted by Crippen LogP contribution is 2.31. The molecule has 0 saturated heterocycles. The molecule has 1 atom stereocenters. The van der Waals surface area contributed by atoms with Gasteiger partial charge in [-0.15, -0.1) is 11.6 Å². The van der Waals surface area contributed by atoms with Crippen LogP contribution in [0, 0.1) is 26.6 Å². The molecule has 100 valence electrons. The normalized spacial score (nSPS) is 12.5. The highest BCUT2D eigenvalue weighted by Gasteiger charge is 2.14. The van der Waals surface area contributed by atoms with Gasteiger partial charge in [0.15, 0.2) is 0 Å². The lowest BCUT2D eigenvalue weighted by atomic mass is 9.94. The van der Waals surface area contributed by atoms with Gasteiger partial charge in [0.2, 0.25) is 0 Å². The summed E-state index contributed by atoms with van der Waals surface area (Å²) in [5.41, 5.74) is 5.74. The van der Waals surface area contributed by atoms with Crippen molar-refractivity contribution in [2.24, 2.45) is 0 Å². The third kappa shape index (κ3) is 3.36. The molecule has 0 spiro atoms. The quantitative estimate of drug-likeness (QED) is 0.670. The van der Waals surface area contributed by atoms with E-state index in [1.165, 1.54) is 22.8 Å². The Morgan fingerprint density at radius 1 is 1.05 bits per heavy atom. The van der Waals surface area contributed by atoms with E-state index in [0.717, 1.165) is 11.1 Å². The van der Waals surface area contributed by atoms with Gasteiger partial charge in [0.1, 0.15) is 5.82 Å². The Labute approximate surface area is 119 Å². The minimum atomic E-state index is -0.210. The summed E-state index contributed by atoms with van der Waals surface area (Å²) in [6.45, 7) is 6.24. The molecule has 0 nitrogen and oxygen atoms in total. The Kier molecular flexibility index (Phi) is 4.26. The van der Waals surface area contributed by atoms with Crippen LogP contribution in [0.1, 0.15) is 33.2 Å². The molecule has 2 aromatic rings. The van der Waals surface area contributed by atoms with Gasteiger partial charge >= 0.3 is 0 Å². The molecule has 0 aromatic heterocycles. The molecule has 2 heteroatoms. The summed E-state index contributed by atoms with van der Waals surface area (Å²) in [7, 11) is 0. The van der Waals surface area contributed by atoms with Gasteiger partial charge in [-0.05, 0) is 61.6 Å². The van der Waals surface area contributed by atoms with E-state index in [1.807, 2.05) is 6.07 Å². The number of benzene rings is 2. The summed E-state index contributed by atoms with van der Waals surface area (Å²) < 4.78 is 13.2. The number of halogens is 2. The first kappa shape index (κ1) is 14.1. The zero-order chi connectivity index (χ0) is 14.0. The Morgan fingerprint density at radius 3 is 2.26 bits per heavy atom. The van der Waals surface area contributed by atoms with E-state index < -0.39 is 0 Å².